The number of ether oxygens (including phenoxy) is 1. The summed E-state index contributed by atoms with van der Waals surface area (Å²) in [4.78, 5) is 21.2. The van der Waals surface area contributed by atoms with Crippen molar-refractivity contribution in [1.82, 2.24) is 0 Å². The summed E-state index contributed by atoms with van der Waals surface area (Å²) in [7, 11) is 0. The summed E-state index contributed by atoms with van der Waals surface area (Å²) in [6, 6.07) is 4.65. The Kier molecular flexibility index (Phi) is 5.39. The van der Waals surface area contributed by atoms with Crippen LogP contribution in [0.25, 0.3) is 0 Å². The van der Waals surface area contributed by atoms with Crippen LogP contribution in [0.15, 0.2) is 29.8 Å². The van der Waals surface area contributed by atoms with Gasteiger partial charge in [-0.3, -0.25) is 4.79 Å². The summed E-state index contributed by atoms with van der Waals surface area (Å²) in [5.74, 6) is -0.539. The maximum Gasteiger partial charge on any atom is 0.331 e. The minimum atomic E-state index is -0.955. The molecule has 0 bridgehead atoms. The standard InChI is InChI=1S/C13H13ClO4/c1-2-10(13(16)17)5-6-18-12-4-3-9(8-15)7-11(12)14/h3-5,7-8H,2,6H2,1H3,(H,16,17). The van der Waals surface area contributed by atoms with Crippen LogP contribution >= 0.6 is 11.6 Å². The maximum absolute atomic E-state index is 10.7. The lowest BCUT2D eigenvalue weighted by Crippen LogP contribution is -2.03. The lowest BCUT2D eigenvalue weighted by atomic mass is 10.2. The molecule has 5 heteroatoms. The second kappa shape index (κ2) is 6.81. The van der Waals surface area contributed by atoms with Crippen LogP contribution in [0.2, 0.25) is 5.02 Å². The summed E-state index contributed by atoms with van der Waals surface area (Å²) < 4.78 is 5.33. The minimum Gasteiger partial charge on any atom is -0.488 e. The molecule has 1 aromatic carbocycles. The van der Waals surface area contributed by atoms with Gasteiger partial charge in [0.2, 0.25) is 0 Å². The van der Waals surface area contributed by atoms with E-state index in [4.69, 9.17) is 21.4 Å². The van der Waals surface area contributed by atoms with Gasteiger partial charge in [0.1, 0.15) is 18.6 Å². The average molecular weight is 269 g/mol. The maximum atomic E-state index is 10.7. The van der Waals surface area contributed by atoms with Gasteiger partial charge in [0.05, 0.1) is 5.02 Å². The molecule has 0 aromatic heterocycles. The lowest BCUT2D eigenvalue weighted by molar-refractivity contribution is -0.132. The molecule has 0 aliphatic heterocycles. The first kappa shape index (κ1) is 14.3. The molecule has 0 saturated carbocycles. The molecule has 1 aromatic rings. The highest BCUT2D eigenvalue weighted by Crippen LogP contribution is 2.24. The monoisotopic (exact) mass is 268 g/mol. The summed E-state index contributed by atoms with van der Waals surface area (Å²) >= 11 is 5.90. The van der Waals surface area contributed by atoms with E-state index < -0.39 is 5.97 Å². The molecule has 0 heterocycles. The van der Waals surface area contributed by atoms with Crippen LogP contribution in [-0.4, -0.2) is 24.0 Å². The Morgan fingerprint density at radius 3 is 2.72 bits per heavy atom. The Bertz CT molecular complexity index is 480. The molecule has 96 valence electrons. The third-order valence-corrected chi connectivity index (χ3v) is 2.61. The Morgan fingerprint density at radius 2 is 2.22 bits per heavy atom. The van der Waals surface area contributed by atoms with Crippen LogP contribution in [0.5, 0.6) is 5.75 Å². The third kappa shape index (κ3) is 3.89. The number of hydrogen-bond donors (Lipinski definition) is 1. The van der Waals surface area contributed by atoms with Crippen LogP contribution in [0, 0.1) is 0 Å². The van der Waals surface area contributed by atoms with Crippen molar-refractivity contribution in [3.05, 3.63) is 40.4 Å². The molecule has 0 amide bonds. The number of carbonyl (C=O) groups is 2. The van der Waals surface area contributed by atoms with Crippen LogP contribution in [0.3, 0.4) is 0 Å². The topological polar surface area (TPSA) is 63.6 Å². The Hall–Kier alpha value is -1.81. The highest BCUT2D eigenvalue weighted by molar-refractivity contribution is 6.32. The van der Waals surface area contributed by atoms with E-state index in [1.807, 2.05) is 0 Å². The van der Waals surface area contributed by atoms with Gasteiger partial charge in [-0.25, -0.2) is 4.79 Å². The van der Waals surface area contributed by atoms with Gasteiger partial charge in [-0.05, 0) is 30.7 Å². The predicted octanol–water partition coefficient (Wildman–Crippen LogP) is 2.95. The second-order valence-electron chi connectivity index (χ2n) is 3.51. The number of carboxylic acids is 1. The summed E-state index contributed by atoms with van der Waals surface area (Å²) in [5, 5.41) is 9.13. The van der Waals surface area contributed by atoms with Gasteiger partial charge in [-0.2, -0.15) is 0 Å². The minimum absolute atomic E-state index is 0.121. The number of carboxylic acid groups (broad SMARTS) is 1. The van der Waals surface area contributed by atoms with Gasteiger partial charge in [0, 0.05) is 11.1 Å². The molecule has 4 nitrogen and oxygen atoms in total. The van der Waals surface area contributed by atoms with Crippen molar-refractivity contribution in [2.24, 2.45) is 0 Å². The van der Waals surface area contributed by atoms with Crippen molar-refractivity contribution < 1.29 is 19.4 Å². The Morgan fingerprint density at radius 1 is 1.50 bits per heavy atom. The first-order valence-electron chi connectivity index (χ1n) is 5.38. The van der Waals surface area contributed by atoms with Gasteiger partial charge in [0.25, 0.3) is 0 Å². The molecule has 0 radical (unpaired) electrons. The van der Waals surface area contributed by atoms with Crippen LogP contribution in [0.1, 0.15) is 23.7 Å². The van der Waals surface area contributed by atoms with Gasteiger partial charge < -0.3 is 9.84 Å². The van der Waals surface area contributed by atoms with Crippen molar-refractivity contribution in [2.75, 3.05) is 6.61 Å². The zero-order valence-electron chi connectivity index (χ0n) is 9.85. The number of aldehydes is 1. The lowest BCUT2D eigenvalue weighted by Gasteiger charge is -2.06. The van der Waals surface area contributed by atoms with Crippen molar-refractivity contribution in [3.63, 3.8) is 0 Å². The molecule has 0 aliphatic rings. The molecule has 1 rings (SSSR count). The van der Waals surface area contributed by atoms with Crippen LogP contribution in [-0.2, 0) is 4.79 Å². The second-order valence-corrected chi connectivity index (χ2v) is 3.91. The van der Waals surface area contributed by atoms with E-state index in [-0.39, 0.29) is 12.2 Å². The number of aliphatic carboxylic acids is 1. The molecule has 0 fully saturated rings. The Labute approximate surface area is 110 Å². The normalized spacial score (nSPS) is 11.1. The quantitative estimate of drug-likeness (QED) is 0.636. The number of carbonyl (C=O) groups excluding carboxylic acids is 1. The van der Waals surface area contributed by atoms with E-state index >= 15 is 0 Å². The zero-order valence-corrected chi connectivity index (χ0v) is 10.6. The molecule has 1 N–H and O–H groups in total. The van der Waals surface area contributed by atoms with E-state index in [1.54, 1.807) is 19.1 Å². The molecule has 0 saturated heterocycles. The number of benzene rings is 1. The molecule has 0 atom stereocenters. The fourth-order valence-electron chi connectivity index (χ4n) is 1.32. The third-order valence-electron chi connectivity index (χ3n) is 2.32. The molecule has 0 unspecified atom stereocenters. The fraction of sp³-hybridized carbons (Fsp3) is 0.231. The largest absolute Gasteiger partial charge is 0.488 e. The van der Waals surface area contributed by atoms with E-state index in [0.29, 0.717) is 29.0 Å². The summed E-state index contributed by atoms with van der Waals surface area (Å²) in [6.07, 6.45) is 2.61. The van der Waals surface area contributed by atoms with Gasteiger partial charge >= 0.3 is 5.97 Å². The molecule has 0 aliphatic carbocycles. The first-order chi connectivity index (χ1) is 8.58. The fourth-order valence-corrected chi connectivity index (χ4v) is 1.57. The number of hydrogen-bond acceptors (Lipinski definition) is 3. The zero-order chi connectivity index (χ0) is 13.5. The van der Waals surface area contributed by atoms with E-state index in [9.17, 15) is 9.59 Å². The highest BCUT2D eigenvalue weighted by atomic mass is 35.5. The van der Waals surface area contributed by atoms with Crippen molar-refractivity contribution in [3.8, 4) is 5.75 Å². The smallest absolute Gasteiger partial charge is 0.331 e. The number of halogens is 1. The van der Waals surface area contributed by atoms with Crippen LogP contribution < -0.4 is 4.74 Å². The molecule has 18 heavy (non-hydrogen) atoms. The SMILES string of the molecule is CCC(=CCOc1ccc(C=O)cc1Cl)C(=O)O. The first-order valence-corrected chi connectivity index (χ1v) is 5.76. The predicted molar refractivity (Wildman–Crippen MR) is 68.3 cm³/mol. The van der Waals surface area contributed by atoms with Gasteiger partial charge in [-0.1, -0.05) is 18.5 Å². The molecular formula is C13H13ClO4. The van der Waals surface area contributed by atoms with Gasteiger partial charge in [0.15, 0.2) is 0 Å². The van der Waals surface area contributed by atoms with Crippen molar-refractivity contribution in [1.29, 1.82) is 0 Å². The van der Waals surface area contributed by atoms with Crippen molar-refractivity contribution in [2.45, 2.75) is 13.3 Å². The van der Waals surface area contributed by atoms with Crippen molar-refractivity contribution >= 4 is 23.9 Å². The van der Waals surface area contributed by atoms with Gasteiger partial charge in [-0.15, -0.1) is 0 Å². The highest BCUT2D eigenvalue weighted by Gasteiger charge is 2.05. The Balaban J connectivity index is 2.69. The van der Waals surface area contributed by atoms with E-state index in [0.717, 1.165) is 0 Å². The van der Waals surface area contributed by atoms with E-state index in [1.165, 1.54) is 12.1 Å². The summed E-state index contributed by atoms with van der Waals surface area (Å²) in [5.41, 5.74) is 0.748. The average Bonchev–Trinajstić information content (AvgIpc) is 2.35. The van der Waals surface area contributed by atoms with Crippen LogP contribution in [0.4, 0.5) is 0 Å². The summed E-state index contributed by atoms with van der Waals surface area (Å²) in [6.45, 7) is 1.88. The van der Waals surface area contributed by atoms with E-state index in [2.05, 4.69) is 0 Å². The molecule has 0 spiro atoms. The molecular weight excluding hydrogens is 256 g/mol. The number of rotatable bonds is 6.